The summed E-state index contributed by atoms with van der Waals surface area (Å²) in [6.45, 7) is 4.46. The van der Waals surface area contributed by atoms with Crippen LogP contribution < -0.4 is 0 Å². The molecule has 4 nitrogen and oxygen atoms in total. The SMILES string of the molecule is CCCCCCCCOC(=O)C#CC(=O)OCC. The third-order valence-corrected chi connectivity index (χ3v) is 2.27. The predicted molar refractivity (Wildman–Crippen MR) is 68.7 cm³/mol. The Bertz CT molecular complexity index is 299. The van der Waals surface area contributed by atoms with E-state index >= 15 is 0 Å². The molecule has 0 aliphatic rings. The van der Waals surface area contributed by atoms with Gasteiger partial charge in [-0.15, -0.1) is 0 Å². The van der Waals surface area contributed by atoms with Crippen molar-refractivity contribution < 1.29 is 19.1 Å². The summed E-state index contributed by atoms with van der Waals surface area (Å²) in [5, 5.41) is 0. The minimum Gasteiger partial charge on any atom is -0.456 e. The summed E-state index contributed by atoms with van der Waals surface area (Å²) in [7, 11) is 0. The first-order valence-corrected chi connectivity index (χ1v) is 6.56. The zero-order chi connectivity index (χ0) is 13.6. The molecule has 0 aliphatic heterocycles. The molecule has 0 radical (unpaired) electrons. The molecule has 0 spiro atoms. The highest BCUT2D eigenvalue weighted by atomic mass is 16.5. The fraction of sp³-hybridized carbons (Fsp3) is 0.714. The van der Waals surface area contributed by atoms with Gasteiger partial charge in [-0.1, -0.05) is 39.0 Å². The van der Waals surface area contributed by atoms with Crippen LogP contribution in [-0.4, -0.2) is 25.2 Å². The zero-order valence-corrected chi connectivity index (χ0v) is 11.3. The van der Waals surface area contributed by atoms with Crippen molar-refractivity contribution in [3.8, 4) is 11.8 Å². The van der Waals surface area contributed by atoms with Gasteiger partial charge in [0.25, 0.3) is 0 Å². The first-order valence-electron chi connectivity index (χ1n) is 6.56. The highest BCUT2D eigenvalue weighted by molar-refractivity contribution is 5.98. The molecule has 0 aromatic rings. The first kappa shape index (κ1) is 16.5. The Morgan fingerprint density at radius 3 is 2.00 bits per heavy atom. The van der Waals surface area contributed by atoms with E-state index < -0.39 is 11.9 Å². The van der Waals surface area contributed by atoms with Gasteiger partial charge in [-0.05, 0) is 13.3 Å². The summed E-state index contributed by atoms with van der Waals surface area (Å²) < 4.78 is 9.41. The van der Waals surface area contributed by atoms with E-state index in [4.69, 9.17) is 4.74 Å². The lowest BCUT2D eigenvalue weighted by Gasteiger charge is -2.00. The van der Waals surface area contributed by atoms with Crippen molar-refractivity contribution in [2.45, 2.75) is 52.4 Å². The van der Waals surface area contributed by atoms with E-state index in [0.717, 1.165) is 12.8 Å². The average molecular weight is 254 g/mol. The van der Waals surface area contributed by atoms with Gasteiger partial charge in [0, 0.05) is 11.8 Å². The predicted octanol–water partition coefficient (Wildman–Crippen LogP) is 2.46. The van der Waals surface area contributed by atoms with Gasteiger partial charge < -0.3 is 9.47 Å². The second-order valence-corrected chi connectivity index (χ2v) is 3.87. The fourth-order valence-electron chi connectivity index (χ4n) is 1.35. The van der Waals surface area contributed by atoms with Crippen LogP contribution in [0.25, 0.3) is 0 Å². The van der Waals surface area contributed by atoms with Gasteiger partial charge in [0.15, 0.2) is 0 Å². The van der Waals surface area contributed by atoms with Crippen LogP contribution in [0.1, 0.15) is 52.4 Å². The Balaban J connectivity index is 3.50. The number of carbonyl (C=O) groups excluding carboxylic acids is 2. The van der Waals surface area contributed by atoms with Crippen molar-refractivity contribution in [2.75, 3.05) is 13.2 Å². The summed E-state index contributed by atoms with van der Waals surface area (Å²) in [5.74, 6) is 2.79. The lowest BCUT2D eigenvalue weighted by molar-refractivity contribution is -0.138. The molecule has 0 saturated carbocycles. The summed E-state index contributed by atoms with van der Waals surface area (Å²) >= 11 is 0. The van der Waals surface area contributed by atoms with Gasteiger partial charge in [0.2, 0.25) is 0 Å². The molecular weight excluding hydrogens is 232 g/mol. The molecule has 0 saturated heterocycles. The molecule has 0 amide bonds. The van der Waals surface area contributed by atoms with E-state index in [1.807, 2.05) is 0 Å². The molecular formula is C14H22O4. The van der Waals surface area contributed by atoms with Crippen molar-refractivity contribution in [3.63, 3.8) is 0 Å². The third kappa shape index (κ3) is 11.0. The molecule has 18 heavy (non-hydrogen) atoms. The van der Waals surface area contributed by atoms with Crippen LogP contribution in [0.15, 0.2) is 0 Å². The number of hydrogen-bond donors (Lipinski definition) is 0. The van der Waals surface area contributed by atoms with Gasteiger partial charge in [-0.2, -0.15) is 0 Å². The molecule has 0 heterocycles. The molecule has 102 valence electrons. The van der Waals surface area contributed by atoms with E-state index in [2.05, 4.69) is 23.5 Å². The Labute approximate surface area is 109 Å². The minimum atomic E-state index is -0.700. The van der Waals surface area contributed by atoms with Crippen LogP contribution in [0.5, 0.6) is 0 Å². The van der Waals surface area contributed by atoms with Crippen LogP contribution in [0, 0.1) is 11.8 Å². The molecule has 0 aromatic heterocycles. The van der Waals surface area contributed by atoms with E-state index in [1.54, 1.807) is 6.92 Å². The summed E-state index contributed by atoms with van der Waals surface area (Å²) in [4.78, 5) is 21.9. The number of ether oxygens (including phenoxy) is 2. The summed E-state index contributed by atoms with van der Waals surface area (Å²) in [5.41, 5.74) is 0. The van der Waals surface area contributed by atoms with Crippen LogP contribution in [0.3, 0.4) is 0 Å². The maximum atomic E-state index is 11.1. The molecule has 0 rings (SSSR count). The Morgan fingerprint density at radius 1 is 0.833 bits per heavy atom. The van der Waals surface area contributed by atoms with Crippen LogP contribution >= 0.6 is 0 Å². The van der Waals surface area contributed by atoms with Crippen molar-refractivity contribution in [3.05, 3.63) is 0 Å². The highest BCUT2D eigenvalue weighted by Gasteiger charge is 1.99. The van der Waals surface area contributed by atoms with Gasteiger partial charge in [0.1, 0.15) is 0 Å². The Hall–Kier alpha value is -1.50. The Morgan fingerprint density at radius 2 is 1.39 bits per heavy atom. The van der Waals surface area contributed by atoms with E-state index in [9.17, 15) is 9.59 Å². The molecule has 0 bridgehead atoms. The molecule has 0 N–H and O–H groups in total. The maximum absolute atomic E-state index is 11.1. The second kappa shape index (κ2) is 12.0. The topological polar surface area (TPSA) is 52.6 Å². The standard InChI is InChI=1S/C14H22O4/c1-3-5-6-7-8-9-12-18-14(16)11-10-13(15)17-4-2/h3-9,12H2,1-2H3. The van der Waals surface area contributed by atoms with Crippen molar-refractivity contribution in [1.82, 2.24) is 0 Å². The highest BCUT2D eigenvalue weighted by Crippen LogP contribution is 2.04. The summed E-state index contributed by atoms with van der Waals surface area (Å²) in [6, 6.07) is 0. The number of unbranched alkanes of at least 4 members (excludes halogenated alkanes) is 5. The zero-order valence-electron chi connectivity index (χ0n) is 11.3. The molecule has 0 aliphatic carbocycles. The molecule has 0 atom stereocenters. The van der Waals surface area contributed by atoms with Crippen molar-refractivity contribution in [1.29, 1.82) is 0 Å². The van der Waals surface area contributed by atoms with Gasteiger partial charge in [0.05, 0.1) is 13.2 Å². The van der Waals surface area contributed by atoms with Gasteiger partial charge in [-0.3, -0.25) is 0 Å². The van der Waals surface area contributed by atoms with Crippen LogP contribution in [0.2, 0.25) is 0 Å². The lowest BCUT2D eigenvalue weighted by Crippen LogP contribution is -2.05. The van der Waals surface area contributed by atoms with Gasteiger partial charge >= 0.3 is 11.9 Å². The number of carbonyl (C=O) groups is 2. The van der Waals surface area contributed by atoms with E-state index in [1.165, 1.54) is 25.7 Å². The maximum Gasteiger partial charge on any atom is 0.384 e. The van der Waals surface area contributed by atoms with Crippen LogP contribution in [0.4, 0.5) is 0 Å². The molecule has 0 fully saturated rings. The van der Waals surface area contributed by atoms with E-state index in [0.29, 0.717) is 6.61 Å². The molecule has 0 unspecified atom stereocenters. The number of esters is 2. The monoisotopic (exact) mass is 254 g/mol. The minimum absolute atomic E-state index is 0.250. The van der Waals surface area contributed by atoms with E-state index in [-0.39, 0.29) is 6.61 Å². The lowest BCUT2D eigenvalue weighted by atomic mass is 10.1. The largest absolute Gasteiger partial charge is 0.456 e. The van der Waals surface area contributed by atoms with Crippen LogP contribution in [-0.2, 0) is 19.1 Å². The van der Waals surface area contributed by atoms with Gasteiger partial charge in [-0.25, -0.2) is 9.59 Å². The Kier molecular flexibility index (Phi) is 11.0. The number of rotatable bonds is 8. The quantitative estimate of drug-likeness (QED) is 0.289. The molecule has 0 aromatic carbocycles. The summed E-state index contributed by atoms with van der Waals surface area (Å²) in [6.07, 6.45) is 6.77. The number of hydrogen-bond acceptors (Lipinski definition) is 4. The molecule has 4 heteroatoms. The first-order chi connectivity index (χ1) is 8.70. The third-order valence-electron chi connectivity index (χ3n) is 2.27. The normalized spacial score (nSPS) is 9.22. The smallest absolute Gasteiger partial charge is 0.384 e. The van der Waals surface area contributed by atoms with Crippen molar-refractivity contribution >= 4 is 11.9 Å². The van der Waals surface area contributed by atoms with Crippen molar-refractivity contribution in [2.24, 2.45) is 0 Å². The average Bonchev–Trinajstić information content (AvgIpc) is 2.35. The second-order valence-electron chi connectivity index (χ2n) is 3.87. The fourth-order valence-corrected chi connectivity index (χ4v) is 1.35.